The summed E-state index contributed by atoms with van der Waals surface area (Å²) in [6.45, 7) is 5.69. The van der Waals surface area contributed by atoms with Gasteiger partial charge in [0.1, 0.15) is 17.2 Å². The third-order valence-electron chi connectivity index (χ3n) is 8.67. The Bertz CT molecular complexity index is 1880. The van der Waals surface area contributed by atoms with Crippen molar-refractivity contribution in [2.24, 2.45) is 11.0 Å². The van der Waals surface area contributed by atoms with E-state index in [9.17, 15) is 14.4 Å². The minimum atomic E-state index is -0.572. The van der Waals surface area contributed by atoms with Gasteiger partial charge in [0.2, 0.25) is 0 Å². The van der Waals surface area contributed by atoms with E-state index in [1.807, 2.05) is 41.8 Å². The van der Waals surface area contributed by atoms with E-state index in [4.69, 9.17) is 9.47 Å². The lowest BCUT2D eigenvalue weighted by Gasteiger charge is -2.43. The average molecular weight is 646 g/mol. The van der Waals surface area contributed by atoms with Crippen LogP contribution in [0, 0.1) is 5.92 Å². The first-order chi connectivity index (χ1) is 23.4. The number of amides is 2. The topological polar surface area (TPSA) is 114 Å². The molecular formula is C38H39N5O5. The number of fused-ring (bicyclic) bond motifs is 4. The summed E-state index contributed by atoms with van der Waals surface area (Å²) in [6, 6.07) is 27.2. The maximum Gasteiger partial charge on any atom is 0.287 e. The number of likely N-dealkylation sites (tertiary alicyclic amines) is 1. The van der Waals surface area contributed by atoms with Gasteiger partial charge in [-0.15, -0.1) is 0 Å². The number of carbonyl (C=O) groups is 2. The van der Waals surface area contributed by atoms with Gasteiger partial charge in [-0.25, -0.2) is 5.43 Å². The molecule has 2 amide bonds. The van der Waals surface area contributed by atoms with Crippen LogP contribution in [-0.2, 0) is 17.9 Å². The predicted molar refractivity (Wildman–Crippen MR) is 185 cm³/mol. The first-order valence-corrected chi connectivity index (χ1v) is 16.1. The standard InChI is InChI=1S/C38H39N5O5/c1-3-48-35-17-14-27(18-31(35)25-42-22-28-19-30(24-42)34-10-7-11-36(44)43(34)23-28)21-39-41-38(46)33(20-26-12-15-32(47-2)16-13-26)40-37(45)29-8-5-4-6-9-29/h4-18,20-21,28,30H,3,19,22-25H2,1-2H3,(H,40,45)(H,41,46). The fraction of sp³-hybridized carbons (Fsp3) is 0.263. The summed E-state index contributed by atoms with van der Waals surface area (Å²) < 4.78 is 13.2. The van der Waals surface area contributed by atoms with E-state index in [2.05, 4.69) is 26.8 Å². The maximum atomic E-state index is 13.3. The van der Waals surface area contributed by atoms with Crippen molar-refractivity contribution < 1.29 is 19.1 Å². The summed E-state index contributed by atoms with van der Waals surface area (Å²) in [4.78, 5) is 41.2. The molecule has 246 valence electrons. The molecule has 0 radical (unpaired) electrons. The van der Waals surface area contributed by atoms with Gasteiger partial charge in [0, 0.05) is 55.0 Å². The monoisotopic (exact) mass is 645 g/mol. The van der Waals surface area contributed by atoms with Crippen LogP contribution in [0.4, 0.5) is 0 Å². The molecule has 48 heavy (non-hydrogen) atoms. The molecule has 1 fully saturated rings. The van der Waals surface area contributed by atoms with Crippen LogP contribution in [0.3, 0.4) is 0 Å². The van der Waals surface area contributed by atoms with E-state index >= 15 is 0 Å². The lowest BCUT2D eigenvalue weighted by atomic mass is 9.83. The number of nitrogens with zero attached hydrogens (tertiary/aromatic N) is 3. The SMILES string of the molecule is CCOc1ccc(C=NNC(=O)C(=Cc2ccc(OC)cc2)NC(=O)c2ccccc2)cc1CN1CC2CC(C1)c1cccc(=O)n1C2. The lowest BCUT2D eigenvalue weighted by molar-refractivity contribution is -0.117. The van der Waals surface area contributed by atoms with Crippen molar-refractivity contribution in [2.45, 2.75) is 32.4 Å². The van der Waals surface area contributed by atoms with E-state index < -0.39 is 11.8 Å². The number of nitrogens with one attached hydrogen (secondary N) is 2. The third-order valence-corrected chi connectivity index (χ3v) is 8.67. The van der Waals surface area contributed by atoms with Gasteiger partial charge in [0.15, 0.2) is 0 Å². The Labute approximate surface area is 279 Å². The fourth-order valence-corrected chi connectivity index (χ4v) is 6.50. The number of pyridine rings is 1. The van der Waals surface area contributed by atoms with Crippen LogP contribution in [0.1, 0.15) is 52.0 Å². The Morgan fingerprint density at radius 3 is 2.50 bits per heavy atom. The highest BCUT2D eigenvalue weighted by atomic mass is 16.5. The van der Waals surface area contributed by atoms with Crippen LogP contribution >= 0.6 is 0 Å². The number of hydrogen-bond acceptors (Lipinski definition) is 7. The molecule has 3 aromatic carbocycles. The molecule has 0 aliphatic carbocycles. The van der Waals surface area contributed by atoms with Crippen molar-refractivity contribution in [3.8, 4) is 11.5 Å². The Balaban J connectivity index is 1.17. The predicted octanol–water partition coefficient (Wildman–Crippen LogP) is 4.80. The third kappa shape index (κ3) is 7.72. The first-order valence-electron chi connectivity index (χ1n) is 16.1. The van der Waals surface area contributed by atoms with Gasteiger partial charge in [-0.1, -0.05) is 36.4 Å². The average Bonchev–Trinajstić information content (AvgIpc) is 3.10. The molecule has 1 aromatic heterocycles. The smallest absolute Gasteiger partial charge is 0.287 e. The molecule has 2 unspecified atom stereocenters. The first kappa shape index (κ1) is 32.5. The van der Waals surface area contributed by atoms with Crippen LogP contribution in [-0.4, -0.2) is 54.3 Å². The number of carbonyl (C=O) groups excluding carboxylic acids is 2. The van der Waals surface area contributed by atoms with Crippen molar-refractivity contribution in [3.63, 3.8) is 0 Å². The van der Waals surface area contributed by atoms with Gasteiger partial charge >= 0.3 is 0 Å². The summed E-state index contributed by atoms with van der Waals surface area (Å²) >= 11 is 0. The van der Waals surface area contributed by atoms with Gasteiger partial charge in [-0.2, -0.15) is 5.10 Å². The number of benzene rings is 3. The second-order valence-electron chi connectivity index (χ2n) is 12.0. The number of hydrogen-bond donors (Lipinski definition) is 2. The Morgan fingerprint density at radius 2 is 1.73 bits per heavy atom. The van der Waals surface area contributed by atoms with Gasteiger partial charge in [-0.3, -0.25) is 19.3 Å². The van der Waals surface area contributed by atoms with Crippen LogP contribution in [0.2, 0.25) is 0 Å². The molecule has 6 rings (SSSR count). The van der Waals surface area contributed by atoms with Crippen LogP contribution in [0.15, 0.2) is 107 Å². The zero-order chi connectivity index (χ0) is 33.5. The normalized spacial score (nSPS) is 17.4. The number of piperidine rings is 1. The zero-order valence-electron chi connectivity index (χ0n) is 27.1. The highest BCUT2D eigenvalue weighted by Crippen LogP contribution is 2.36. The second-order valence-corrected chi connectivity index (χ2v) is 12.0. The molecule has 2 aliphatic heterocycles. The molecule has 4 aromatic rings. The largest absolute Gasteiger partial charge is 0.497 e. The minimum absolute atomic E-state index is 0.0398. The zero-order valence-corrected chi connectivity index (χ0v) is 27.1. The molecule has 2 atom stereocenters. The molecule has 2 aliphatic rings. The number of rotatable bonds is 11. The van der Waals surface area contributed by atoms with Crippen molar-refractivity contribution >= 4 is 24.1 Å². The van der Waals surface area contributed by atoms with Crippen LogP contribution < -0.4 is 25.8 Å². The van der Waals surface area contributed by atoms with Crippen molar-refractivity contribution in [2.75, 3.05) is 26.8 Å². The maximum absolute atomic E-state index is 13.3. The number of ether oxygens (including phenoxy) is 2. The molecule has 0 saturated carbocycles. The van der Waals surface area contributed by atoms with Gasteiger partial charge in [-0.05, 0) is 85.0 Å². The van der Waals surface area contributed by atoms with E-state index in [0.717, 1.165) is 48.6 Å². The highest BCUT2D eigenvalue weighted by Gasteiger charge is 2.34. The molecular weight excluding hydrogens is 606 g/mol. The van der Waals surface area contributed by atoms with Crippen LogP contribution in [0.25, 0.3) is 6.08 Å². The molecule has 2 N–H and O–H groups in total. The molecule has 0 spiro atoms. The Morgan fingerprint density at radius 1 is 0.938 bits per heavy atom. The Kier molecular flexibility index (Phi) is 10.1. The van der Waals surface area contributed by atoms with E-state index in [-0.39, 0.29) is 11.3 Å². The van der Waals surface area contributed by atoms with Crippen LogP contribution in [0.5, 0.6) is 11.5 Å². The minimum Gasteiger partial charge on any atom is -0.497 e. The molecule has 1 saturated heterocycles. The lowest BCUT2D eigenvalue weighted by Crippen LogP contribution is -2.46. The highest BCUT2D eigenvalue weighted by molar-refractivity contribution is 6.05. The Hall–Kier alpha value is -5.48. The number of hydrazone groups is 1. The number of methoxy groups -OCH3 is 1. The van der Waals surface area contributed by atoms with Crippen molar-refractivity contribution in [1.29, 1.82) is 0 Å². The molecule has 3 heterocycles. The van der Waals surface area contributed by atoms with Crippen molar-refractivity contribution in [3.05, 3.63) is 135 Å². The summed E-state index contributed by atoms with van der Waals surface area (Å²) in [5, 5.41) is 6.96. The summed E-state index contributed by atoms with van der Waals surface area (Å²) in [5.74, 6) is 1.22. The molecule has 10 nitrogen and oxygen atoms in total. The molecule has 2 bridgehead atoms. The quantitative estimate of drug-likeness (QED) is 0.138. The van der Waals surface area contributed by atoms with E-state index in [1.54, 1.807) is 74.0 Å². The summed E-state index contributed by atoms with van der Waals surface area (Å²) in [5.41, 5.74) is 6.73. The summed E-state index contributed by atoms with van der Waals surface area (Å²) in [7, 11) is 1.58. The fourth-order valence-electron chi connectivity index (χ4n) is 6.50. The van der Waals surface area contributed by atoms with Gasteiger partial charge < -0.3 is 19.4 Å². The van der Waals surface area contributed by atoms with E-state index in [0.29, 0.717) is 41.9 Å². The van der Waals surface area contributed by atoms with Gasteiger partial charge in [0.05, 0.1) is 19.9 Å². The van der Waals surface area contributed by atoms with Gasteiger partial charge in [0.25, 0.3) is 17.4 Å². The molecule has 10 heteroatoms. The van der Waals surface area contributed by atoms with Crippen molar-refractivity contribution in [1.82, 2.24) is 20.2 Å². The van der Waals surface area contributed by atoms with E-state index in [1.165, 1.54) is 0 Å². The number of aromatic nitrogens is 1. The second kappa shape index (κ2) is 15.0. The summed E-state index contributed by atoms with van der Waals surface area (Å²) in [6.07, 6.45) is 4.25.